The normalized spacial score (nSPS) is 11.9. The fourth-order valence-corrected chi connectivity index (χ4v) is 2.38. The maximum Gasteiger partial charge on any atom is 0.311 e. The summed E-state index contributed by atoms with van der Waals surface area (Å²) in [6, 6.07) is 13.9. The van der Waals surface area contributed by atoms with E-state index in [9.17, 15) is 15.0 Å². The molecule has 1 atom stereocenters. The van der Waals surface area contributed by atoms with Crippen LogP contribution in [0.2, 0.25) is 0 Å². The van der Waals surface area contributed by atoms with Crippen molar-refractivity contribution in [3.05, 3.63) is 59.7 Å². The number of carbonyl (C=O) groups is 1. The van der Waals surface area contributed by atoms with Crippen LogP contribution >= 0.6 is 0 Å². The molecule has 0 saturated heterocycles. The summed E-state index contributed by atoms with van der Waals surface area (Å²) in [6.45, 7) is 2.80. The largest absolute Gasteiger partial charge is 0.508 e. The van der Waals surface area contributed by atoms with E-state index >= 15 is 0 Å². The molecule has 2 rings (SSSR count). The predicted octanol–water partition coefficient (Wildman–Crippen LogP) is 3.98. The Morgan fingerprint density at radius 1 is 1.17 bits per heavy atom. The molecule has 0 saturated carbocycles. The number of hydrogen-bond acceptors (Lipinski definition) is 3. The lowest BCUT2D eigenvalue weighted by molar-refractivity contribution is -0.138. The van der Waals surface area contributed by atoms with Gasteiger partial charge in [-0.05, 0) is 48.2 Å². The molecular formula is C19H22O4. The van der Waals surface area contributed by atoms with E-state index in [1.807, 2.05) is 24.3 Å². The number of aromatic hydroxyl groups is 1. The highest BCUT2D eigenvalue weighted by Gasteiger charge is 2.20. The maximum absolute atomic E-state index is 11.6. The van der Waals surface area contributed by atoms with Crippen LogP contribution in [0.25, 0.3) is 0 Å². The Morgan fingerprint density at radius 2 is 1.91 bits per heavy atom. The Balaban J connectivity index is 2.07. The van der Waals surface area contributed by atoms with Crippen LogP contribution in [-0.4, -0.2) is 22.8 Å². The molecule has 23 heavy (non-hydrogen) atoms. The second-order valence-corrected chi connectivity index (χ2v) is 5.54. The van der Waals surface area contributed by atoms with E-state index in [-0.39, 0.29) is 5.75 Å². The van der Waals surface area contributed by atoms with Gasteiger partial charge in [0.1, 0.15) is 11.5 Å². The van der Waals surface area contributed by atoms with Crippen LogP contribution in [0.3, 0.4) is 0 Å². The number of carboxylic acids is 1. The van der Waals surface area contributed by atoms with Crippen LogP contribution in [0.5, 0.6) is 11.5 Å². The lowest BCUT2D eigenvalue weighted by Gasteiger charge is -2.14. The molecule has 0 amide bonds. The molecule has 0 radical (unpaired) electrons. The zero-order chi connectivity index (χ0) is 16.7. The zero-order valence-electron chi connectivity index (χ0n) is 13.2. The number of hydrogen-bond donors (Lipinski definition) is 2. The molecule has 4 heteroatoms. The summed E-state index contributed by atoms with van der Waals surface area (Å²) in [6.07, 6.45) is 2.47. The Kier molecular flexibility index (Phi) is 6.03. The van der Waals surface area contributed by atoms with Crippen LogP contribution in [0.15, 0.2) is 48.5 Å². The minimum atomic E-state index is -0.904. The maximum atomic E-state index is 11.6. The standard InChI is InChI=1S/C19H22O4/c1-2-3-11-23-17-9-7-14(8-10-17)12-18(19(21)22)15-5-4-6-16(20)13-15/h4-10,13,18,20H,2-3,11-12H2,1H3,(H,21,22). The number of rotatable bonds is 8. The number of carboxylic acid groups (broad SMARTS) is 1. The Bertz CT molecular complexity index is 634. The third-order valence-corrected chi connectivity index (χ3v) is 3.70. The molecule has 0 heterocycles. The first kappa shape index (κ1) is 16.9. The van der Waals surface area contributed by atoms with Gasteiger partial charge in [-0.15, -0.1) is 0 Å². The SMILES string of the molecule is CCCCOc1ccc(CC(C(=O)O)c2cccc(O)c2)cc1. The molecule has 0 aliphatic heterocycles. The second-order valence-electron chi connectivity index (χ2n) is 5.54. The van der Waals surface area contributed by atoms with Gasteiger partial charge in [-0.2, -0.15) is 0 Å². The topological polar surface area (TPSA) is 66.8 Å². The molecule has 0 aromatic heterocycles. The molecule has 0 bridgehead atoms. The molecule has 1 unspecified atom stereocenters. The molecule has 2 aromatic carbocycles. The van der Waals surface area contributed by atoms with E-state index in [4.69, 9.17) is 4.74 Å². The van der Waals surface area contributed by atoms with Crippen LogP contribution in [0.1, 0.15) is 36.8 Å². The van der Waals surface area contributed by atoms with Gasteiger partial charge in [0.15, 0.2) is 0 Å². The highest BCUT2D eigenvalue weighted by atomic mass is 16.5. The van der Waals surface area contributed by atoms with E-state index < -0.39 is 11.9 Å². The monoisotopic (exact) mass is 314 g/mol. The number of benzene rings is 2. The van der Waals surface area contributed by atoms with Crippen molar-refractivity contribution in [2.24, 2.45) is 0 Å². The highest BCUT2D eigenvalue weighted by molar-refractivity contribution is 5.76. The highest BCUT2D eigenvalue weighted by Crippen LogP contribution is 2.25. The van der Waals surface area contributed by atoms with Crippen molar-refractivity contribution >= 4 is 5.97 Å². The summed E-state index contributed by atoms with van der Waals surface area (Å²) >= 11 is 0. The van der Waals surface area contributed by atoms with E-state index in [1.54, 1.807) is 12.1 Å². The van der Waals surface area contributed by atoms with Gasteiger partial charge in [-0.1, -0.05) is 37.6 Å². The van der Waals surface area contributed by atoms with Gasteiger partial charge < -0.3 is 14.9 Å². The smallest absolute Gasteiger partial charge is 0.311 e. The average Bonchev–Trinajstić information content (AvgIpc) is 2.54. The summed E-state index contributed by atoms with van der Waals surface area (Å²) in [5.74, 6) is -0.715. The van der Waals surface area contributed by atoms with Crippen molar-refractivity contribution in [3.63, 3.8) is 0 Å². The van der Waals surface area contributed by atoms with Gasteiger partial charge in [-0.3, -0.25) is 4.79 Å². The van der Waals surface area contributed by atoms with Crippen LogP contribution < -0.4 is 4.74 Å². The van der Waals surface area contributed by atoms with Crippen LogP contribution in [0.4, 0.5) is 0 Å². The second kappa shape index (κ2) is 8.22. The van der Waals surface area contributed by atoms with Gasteiger partial charge in [0.2, 0.25) is 0 Å². The first-order chi connectivity index (χ1) is 11.1. The van der Waals surface area contributed by atoms with Gasteiger partial charge in [0, 0.05) is 0 Å². The molecule has 0 fully saturated rings. The fourth-order valence-electron chi connectivity index (χ4n) is 2.38. The minimum Gasteiger partial charge on any atom is -0.508 e. The predicted molar refractivity (Wildman–Crippen MR) is 89.0 cm³/mol. The molecule has 2 aromatic rings. The third-order valence-electron chi connectivity index (χ3n) is 3.70. The zero-order valence-corrected chi connectivity index (χ0v) is 13.2. The number of aliphatic carboxylic acids is 1. The molecular weight excluding hydrogens is 292 g/mol. The molecule has 2 N–H and O–H groups in total. The molecule has 122 valence electrons. The van der Waals surface area contributed by atoms with E-state index in [2.05, 4.69) is 6.92 Å². The van der Waals surface area contributed by atoms with E-state index in [1.165, 1.54) is 12.1 Å². The van der Waals surface area contributed by atoms with Crippen molar-refractivity contribution in [3.8, 4) is 11.5 Å². The van der Waals surface area contributed by atoms with Crippen molar-refractivity contribution in [2.45, 2.75) is 32.1 Å². The number of phenolic OH excluding ortho intramolecular Hbond substituents is 1. The Labute approximate surface area is 136 Å². The summed E-state index contributed by atoms with van der Waals surface area (Å²) in [4.78, 5) is 11.6. The van der Waals surface area contributed by atoms with Crippen molar-refractivity contribution in [2.75, 3.05) is 6.61 Å². The molecule has 0 aliphatic rings. The Hall–Kier alpha value is -2.49. The van der Waals surface area contributed by atoms with Gasteiger partial charge in [0.25, 0.3) is 0 Å². The lowest BCUT2D eigenvalue weighted by atomic mass is 9.92. The van der Waals surface area contributed by atoms with Crippen LogP contribution in [-0.2, 0) is 11.2 Å². The van der Waals surface area contributed by atoms with Crippen molar-refractivity contribution in [1.29, 1.82) is 0 Å². The van der Waals surface area contributed by atoms with Gasteiger partial charge in [-0.25, -0.2) is 0 Å². The summed E-state index contributed by atoms with van der Waals surface area (Å²) in [5.41, 5.74) is 1.52. The van der Waals surface area contributed by atoms with E-state index in [0.717, 1.165) is 24.2 Å². The fraction of sp³-hybridized carbons (Fsp3) is 0.316. The number of ether oxygens (including phenoxy) is 1. The summed E-state index contributed by atoms with van der Waals surface area (Å²) in [7, 11) is 0. The molecule has 4 nitrogen and oxygen atoms in total. The lowest BCUT2D eigenvalue weighted by Crippen LogP contribution is -2.14. The van der Waals surface area contributed by atoms with Crippen molar-refractivity contribution in [1.82, 2.24) is 0 Å². The summed E-state index contributed by atoms with van der Waals surface area (Å²) in [5, 5.41) is 19.0. The molecule has 0 spiro atoms. The quantitative estimate of drug-likeness (QED) is 0.723. The minimum absolute atomic E-state index is 0.0772. The third kappa shape index (κ3) is 5.02. The van der Waals surface area contributed by atoms with Crippen molar-refractivity contribution < 1.29 is 19.7 Å². The Morgan fingerprint density at radius 3 is 2.52 bits per heavy atom. The average molecular weight is 314 g/mol. The molecule has 0 aliphatic carbocycles. The van der Waals surface area contributed by atoms with Crippen LogP contribution in [0, 0.1) is 0 Å². The summed E-state index contributed by atoms with van der Waals surface area (Å²) < 4.78 is 5.60. The van der Waals surface area contributed by atoms with Gasteiger partial charge in [0.05, 0.1) is 12.5 Å². The number of unbranched alkanes of at least 4 members (excludes halogenated alkanes) is 1. The first-order valence-electron chi connectivity index (χ1n) is 7.83. The van der Waals surface area contributed by atoms with E-state index in [0.29, 0.717) is 18.6 Å². The number of phenols is 1. The van der Waals surface area contributed by atoms with Gasteiger partial charge >= 0.3 is 5.97 Å². The first-order valence-corrected chi connectivity index (χ1v) is 7.83.